The van der Waals surface area contributed by atoms with Crippen molar-refractivity contribution in [2.45, 2.75) is 0 Å². The van der Waals surface area contributed by atoms with Crippen molar-refractivity contribution in [3.8, 4) is 23.3 Å². The molecule has 0 fully saturated rings. The maximum Gasteiger partial charge on any atom is 0.238 e. The first-order valence-electron chi connectivity index (χ1n) is 19.7. The van der Waals surface area contributed by atoms with Crippen molar-refractivity contribution < 1.29 is 0 Å². The maximum absolute atomic E-state index is 5.64. The molecule has 0 aliphatic heterocycles. The van der Waals surface area contributed by atoms with Crippen LogP contribution in [0, 0.1) is 0 Å². The highest BCUT2D eigenvalue weighted by Crippen LogP contribution is 2.42. The summed E-state index contributed by atoms with van der Waals surface area (Å²) in [5.74, 6) is 2.18. The van der Waals surface area contributed by atoms with Gasteiger partial charge in [0.1, 0.15) is 11.6 Å². The Morgan fingerprint density at radius 3 is 0.983 bits per heavy atom. The minimum Gasteiger partial charge on any atom is -0.307 e. The van der Waals surface area contributed by atoms with Gasteiger partial charge in [-0.25, -0.2) is 0 Å². The van der Waals surface area contributed by atoms with Crippen LogP contribution in [-0.4, -0.2) is 28.2 Å². The Hall–Kier alpha value is -7.96. The summed E-state index contributed by atoms with van der Waals surface area (Å²) in [6.07, 6.45) is 0. The molecule has 0 aliphatic rings. The lowest BCUT2D eigenvalue weighted by Crippen LogP contribution is -2.10. The standard InChI is InChI=1S/C52H32N6/c1-2-16-33(17-3-1)55-42-24-10-8-22-38(42)40-30-31-41-39-23-9-15-29-47(39)58(51(41)50(40)55)52-53-48(56-43-25-11-4-18-34(43)35-19-5-12-26-44(35)56)32-49(54-52)57-45-27-13-6-20-36(45)37-21-7-14-28-46(37)57/h1-32H. The van der Waals surface area contributed by atoms with Gasteiger partial charge in [0.25, 0.3) is 0 Å². The predicted molar refractivity (Wildman–Crippen MR) is 239 cm³/mol. The van der Waals surface area contributed by atoms with E-state index >= 15 is 0 Å². The summed E-state index contributed by atoms with van der Waals surface area (Å²) >= 11 is 0. The number of para-hydroxylation sites is 7. The van der Waals surface area contributed by atoms with Gasteiger partial charge in [-0.15, -0.1) is 0 Å². The smallest absolute Gasteiger partial charge is 0.238 e. The van der Waals surface area contributed by atoms with Gasteiger partial charge in [-0.2, -0.15) is 9.97 Å². The molecule has 58 heavy (non-hydrogen) atoms. The molecule has 5 heterocycles. The number of nitrogens with zero attached hydrogens (tertiary/aromatic N) is 6. The van der Waals surface area contributed by atoms with E-state index in [1.807, 2.05) is 0 Å². The molecule has 0 unspecified atom stereocenters. The fraction of sp³-hybridized carbons (Fsp3) is 0. The molecule has 0 N–H and O–H groups in total. The van der Waals surface area contributed by atoms with Crippen molar-refractivity contribution in [2.24, 2.45) is 0 Å². The van der Waals surface area contributed by atoms with Gasteiger partial charge in [0.05, 0.1) is 44.1 Å². The van der Waals surface area contributed by atoms with Crippen molar-refractivity contribution in [3.63, 3.8) is 0 Å². The predicted octanol–water partition coefficient (Wildman–Crippen LogP) is 12.9. The number of fused-ring (bicyclic) bond motifs is 13. The molecule has 5 aromatic heterocycles. The molecule has 0 saturated carbocycles. The molecule has 13 aromatic rings. The van der Waals surface area contributed by atoms with Crippen LogP contribution >= 0.6 is 0 Å². The lowest BCUT2D eigenvalue weighted by Gasteiger charge is -2.16. The summed E-state index contributed by atoms with van der Waals surface area (Å²) in [5.41, 5.74) is 9.85. The highest BCUT2D eigenvalue weighted by Gasteiger charge is 2.24. The molecule has 0 atom stereocenters. The van der Waals surface area contributed by atoms with E-state index in [1.165, 1.54) is 32.3 Å². The third kappa shape index (κ3) is 4.20. The fourth-order valence-electron chi connectivity index (χ4n) is 9.63. The molecule has 0 saturated heterocycles. The molecular weight excluding hydrogens is 709 g/mol. The zero-order chi connectivity index (χ0) is 37.9. The van der Waals surface area contributed by atoms with Crippen molar-refractivity contribution in [3.05, 3.63) is 194 Å². The average Bonchev–Trinajstić information content (AvgIpc) is 4.02. The highest BCUT2D eigenvalue weighted by atomic mass is 15.2. The van der Waals surface area contributed by atoms with Gasteiger partial charge in [0, 0.05) is 54.8 Å². The Bertz CT molecular complexity index is 3570. The Morgan fingerprint density at radius 2 is 0.569 bits per heavy atom. The number of benzene rings is 8. The lowest BCUT2D eigenvalue weighted by molar-refractivity contribution is 0.918. The number of rotatable bonds is 4. The van der Waals surface area contributed by atoms with Crippen LogP contribution in [0.15, 0.2) is 194 Å². The van der Waals surface area contributed by atoms with Crippen LogP contribution in [0.5, 0.6) is 0 Å². The first-order valence-corrected chi connectivity index (χ1v) is 19.7. The topological polar surface area (TPSA) is 45.5 Å². The van der Waals surface area contributed by atoms with E-state index in [0.717, 1.165) is 72.2 Å². The van der Waals surface area contributed by atoms with E-state index in [1.54, 1.807) is 0 Å². The van der Waals surface area contributed by atoms with Crippen molar-refractivity contribution in [2.75, 3.05) is 0 Å². The van der Waals surface area contributed by atoms with Gasteiger partial charge in [-0.1, -0.05) is 140 Å². The average molecular weight is 741 g/mol. The van der Waals surface area contributed by atoms with Crippen LogP contribution in [-0.2, 0) is 0 Å². The second-order valence-corrected chi connectivity index (χ2v) is 15.0. The van der Waals surface area contributed by atoms with Gasteiger partial charge in [0.2, 0.25) is 5.95 Å². The quantitative estimate of drug-likeness (QED) is 0.180. The Morgan fingerprint density at radius 1 is 0.259 bits per heavy atom. The number of hydrogen-bond acceptors (Lipinski definition) is 2. The lowest BCUT2D eigenvalue weighted by atomic mass is 10.1. The summed E-state index contributed by atoms with van der Waals surface area (Å²) in [4.78, 5) is 11.3. The van der Waals surface area contributed by atoms with Crippen molar-refractivity contribution in [1.82, 2.24) is 28.2 Å². The summed E-state index contributed by atoms with van der Waals surface area (Å²) in [7, 11) is 0. The zero-order valence-corrected chi connectivity index (χ0v) is 31.2. The second-order valence-electron chi connectivity index (χ2n) is 15.0. The molecule has 8 aromatic carbocycles. The van der Waals surface area contributed by atoms with E-state index in [-0.39, 0.29) is 0 Å². The van der Waals surface area contributed by atoms with Crippen molar-refractivity contribution >= 4 is 87.2 Å². The van der Waals surface area contributed by atoms with Gasteiger partial charge >= 0.3 is 0 Å². The molecule has 0 aliphatic carbocycles. The van der Waals surface area contributed by atoms with Crippen LogP contribution in [0.1, 0.15) is 0 Å². The van der Waals surface area contributed by atoms with Gasteiger partial charge in [0.15, 0.2) is 0 Å². The molecule has 0 amide bonds. The summed E-state index contributed by atoms with van der Waals surface area (Å²) in [6, 6.07) is 69.3. The Kier molecular flexibility index (Phi) is 6.35. The Balaban J connectivity index is 1.24. The van der Waals surface area contributed by atoms with Gasteiger partial charge in [-0.05, 0) is 48.5 Å². The van der Waals surface area contributed by atoms with Crippen molar-refractivity contribution in [1.29, 1.82) is 0 Å². The summed E-state index contributed by atoms with van der Waals surface area (Å²) < 4.78 is 9.32. The molecule has 6 nitrogen and oxygen atoms in total. The molecule has 0 spiro atoms. The zero-order valence-electron chi connectivity index (χ0n) is 31.2. The van der Waals surface area contributed by atoms with E-state index in [4.69, 9.17) is 9.97 Å². The highest BCUT2D eigenvalue weighted by molar-refractivity contribution is 6.23. The van der Waals surface area contributed by atoms with Crippen LogP contribution in [0.25, 0.3) is 110 Å². The third-order valence-corrected chi connectivity index (χ3v) is 12.0. The van der Waals surface area contributed by atoms with Crippen LogP contribution in [0.2, 0.25) is 0 Å². The molecular formula is C52H32N6. The maximum atomic E-state index is 5.64. The van der Waals surface area contributed by atoms with E-state index in [2.05, 4.69) is 212 Å². The number of aromatic nitrogens is 6. The van der Waals surface area contributed by atoms with Gasteiger partial charge in [-0.3, -0.25) is 13.7 Å². The van der Waals surface area contributed by atoms with Crippen LogP contribution < -0.4 is 0 Å². The number of hydrogen-bond donors (Lipinski definition) is 0. The van der Waals surface area contributed by atoms with E-state index in [0.29, 0.717) is 5.95 Å². The molecule has 0 radical (unpaired) electrons. The molecule has 13 rings (SSSR count). The minimum absolute atomic E-state index is 0.597. The normalized spacial score (nSPS) is 12.1. The molecule has 6 heteroatoms. The van der Waals surface area contributed by atoms with E-state index < -0.39 is 0 Å². The first-order chi connectivity index (χ1) is 28.8. The third-order valence-electron chi connectivity index (χ3n) is 12.0. The summed E-state index contributed by atoms with van der Waals surface area (Å²) in [6.45, 7) is 0. The fourth-order valence-corrected chi connectivity index (χ4v) is 9.63. The van der Waals surface area contributed by atoms with Crippen LogP contribution in [0.4, 0.5) is 0 Å². The largest absolute Gasteiger partial charge is 0.307 e. The first kappa shape index (κ1) is 31.3. The SMILES string of the molecule is c1ccc(-n2c3ccccc3c3ccc4c5ccccc5n(-c5nc(-n6c7ccccc7c7ccccc76)cc(-n6c7ccccc7c7ccccc76)n5)c4c32)cc1. The Labute approximate surface area is 331 Å². The van der Waals surface area contributed by atoms with Crippen LogP contribution in [0.3, 0.4) is 0 Å². The molecule has 0 bridgehead atoms. The summed E-state index contributed by atoms with van der Waals surface area (Å²) in [5, 5.41) is 9.40. The monoisotopic (exact) mass is 740 g/mol. The second kappa shape index (κ2) is 11.8. The van der Waals surface area contributed by atoms with E-state index in [9.17, 15) is 0 Å². The molecule has 270 valence electrons. The minimum atomic E-state index is 0.597. The van der Waals surface area contributed by atoms with Gasteiger partial charge < -0.3 is 4.57 Å².